The normalized spacial score (nSPS) is 36.7. The molecule has 31 heavy (non-hydrogen) atoms. The Morgan fingerprint density at radius 2 is 1.10 bits per heavy atom. The Hall–Kier alpha value is -0.510. The van der Waals surface area contributed by atoms with Crippen LogP contribution in [0.5, 0.6) is 0 Å². The number of nitrogens with zero attached hydrogens (tertiary/aromatic N) is 1. The molecule has 1 heteroatoms. The van der Waals surface area contributed by atoms with E-state index >= 15 is 0 Å². The Balaban J connectivity index is 1.33. The van der Waals surface area contributed by atoms with Gasteiger partial charge in [0.05, 0.1) is 11.5 Å². The first-order valence-corrected chi connectivity index (χ1v) is 14.6. The van der Waals surface area contributed by atoms with Crippen LogP contribution >= 0.6 is 0 Å². The summed E-state index contributed by atoms with van der Waals surface area (Å²) in [7, 11) is 0. The van der Waals surface area contributed by atoms with Crippen molar-refractivity contribution in [3.8, 4) is 6.07 Å². The number of hydrogen-bond acceptors (Lipinski definition) is 1. The van der Waals surface area contributed by atoms with Crippen molar-refractivity contribution in [3.63, 3.8) is 0 Å². The van der Waals surface area contributed by atoms with Crippen molar-refractivity contribution in [2.24, 2.45) is 35.0 Å². The molecule has 3 rings (SSSR count). The van der Waals surface area contributed by atoms with Gasteiger partial charge >= 0.3 is 0 Å². The van der Waals surface area contributed by atoms with Gasteiger partial charge in [0.15, 0.2) is 0 Å². The van der Waals surface area contributed by atoms with E-state index in [1.165, 1.54) is 116 Å². The molecule has 0 saturated heterocycles. The molecule has 0 aromatic carbocycles. The molecular formula is C30H53N. The molecule has 0 bridgehead atoms. The predicted molar refractivity (Wildman–Crippen MR) is 134 cm³/mol. The van der Waals surface area contributed by atoms with E-state index in [1.807, 2.05) is 0 Å². The molecule has 0 N–H and O–H groups in total. The second-order valence-electron chi connectivity index (χ2n) is 12.0. The summed E-state index contributed by atoms with van der Waals surface area (Å²) in [5.74, 6) is 5.09. The fourth-order valence-electron chi connectivity index (χ4n) is 7.69. The molecule has 0 unspecified atom stereocenters. The molecule has 3 saturated carbocycles. The van der Waals surface area contributed by atoms with Crippen LogP contribution in [-0.2, 0) is 0 Å². The predicted octanol–water partition coefficient (Wildman–Crippen LogP) is 9.85. The third-order valence-corrected chi connectivity index (χ3v) is 9.99. The summed E-state index contributed by atoms with van der Waals surface area (Å²) in [5.41, 5.74) is 0.0397. The van der Waals surface area contributed by atoms with E-state index in [9.17, 15) is 5.26 Å². The summed E-state index contributed by atoms with van der Waals surface area (Å²) >= 11 is 0. The monoisotopic (exact) mass is 427 g/mol. The highest BCUT2D eigenvalue weighted by molar-refractivity contribution is 5.02. The van der Waals surface area contributed by atoms with Gasteiger partial charge in [-0.25, -0.2) is 0 Å². The largest absolute Gasteiger partial charge is 0.198 e. The topological polar surface area (TPSA) is 23.8 Å². The van der Waals surface area contributed by atoms with Crippen LogP contribution in [-0.4, -0.2) is 0 Å². The van der Waals surface area contributed by atoms with Gasteiger partial charge in [-0.2, -0.15) is 5.26 Å². The minimum absolute atomic E-state index is 0.0397. The molecule has 0 spiro atoms. The first-order valence-electron chi connectivity index (χ1n) is 14.6. The van der Waals surface area contributed by atoms with Crippen molar-refractivity contribution in [2.45, 2.75) is 149 Å². The van der Waals surface area contributed by atoms with Crippen LogP contribution in [0.3, 0.4) is 0 Å². The van der Waals surface area contributed by atoms with E-state index < -0.39 is 0 Å². The molecule has 0 amide bonds. The molecule has 1 nitrogen and oxygen atoms in total. The second kappa shape index (κ2) is 13.3. The molecule has 0 heterocycles. The highest BCUT2D eigenvalue weighted by Gasteiger charge is 2.39. The van der Waals surface area contributed by atoms with Gasteiger partial charge in [-0.05, 0) is 100 Å². The molecule has 178 valence electrons. The van der Waals surface area contributed by atoms with Crippen LogP contribution in [0.2, 0.25) is 0 Å². The minimum Gasteiger partial charge on any atom is -0.198 e. The van der Waals surface area contributed by atoms with Crippen LogP contribution < -0.4 is 0 Å². The smallest absolute Gasteiger partial charge is 0.0689 e. The first kappa shape index (κ1) is 25.1. The summed E-state index contributed by atoms with van der Waals surface area (Å²) in [4.78, 5) is 0. The zero-order valence-corrected chi connectivity index (χ0v) is 21.2. The maximum absolute atomic E-state index is 9.86. The summed E-state index contributed by atoms with van der Waals surface area (Å²) in [6, 6.07) is 2.77. The first-order chi connectivity index (χ1) is 15.2. The van der Waals surface area contributed by atoms with Crippen molar-refractivity contribution in [1.82, 2.24) is 0 Å². The number of nitriles is 1. The van der Waals surface area contributed by atoms with E-state index in [0.717, 1.165) is 36.0 Å². The van der Waals surface area contributed by atoms with Gasteiger partial charge in [0.1, 0.15) is 0 Å². The average molecular weight is 428 g/mol. The lowest BCUT2D eigenvalue weighted by Gasteiger charge is -2.43. The van der Waals surface area contributed by atoms with E-state index in [2.05, 4.69) is 19.9 Å². The van der Waals surface area contributed by atoms with Crippen molar-refractivity contribution in [3.05, 3.63) is 0 Å². The summed E-state index contributed by atoms with van der Waals surface area (Å²) in [6.45, 7) is 4.59. The van der Waals surface area contributed by atoms with Crippen molar-refractivity contribution in [2.75, 3.05) is 0 Å². The zero-order chi connectivity index (χ0) is 21.9. The highest BCUT2D eigenvalue weighted by atomic mass is 14.5. The van der Waals surface area contributed by atoms with Crippen LogP contribution in [0.4, 0.5) is 0 Å². The van der Waals surface area contributed by atoms with Crippen molar-refractivity contribution >= 4 is 0 Å². The number of unbranched alkanes of at least 4 members (excludes halogenated alkanes) is 5. The van der Waals surface area contributed by atoms with Crippen LogP contribution in [0.1, 0.15) is 149 Å². The molecule has 0 atom stereocenters. The number of rotatable bonds is 11. The fraction of sp³-hybridized carbons (Fsp3) is 0.967. The third-order valence-electron chi connectivity index (χ3n) is 9.99. The molecular weight excluding hydrogens is 374 g/mol. The Labute approximate surface area is 195 Å². The SMILES string of the molecule is CCCCCC[C@H]1CC[C@H](C2CCC([C@H]3CC[C@@](C#N)(CCCCC)CC3)CC2)CC1. The third kappa shape index (κ3) is 7.51. The lowest BCUT2D eigenvalue weighted by Crippen LogP contribution is -2.32. The fourth-order valence-corrected chi connectivity index (χ4v) is 7.69. The molecule has 0 aliphatic heterocycles. The number of hydrogen-bond donors (Lipinski definition) is 0. The van der Waals surface area contributed by atoms with Gasteiger partial charge in [-0.1, -0.05) is 78.1 Å². The standard InChI is InChI=1S/C30H53N/c1-3-5-7-8-10-25-11-13-26(14-12-25)27-15-17-28(18-16-27)29-19-22-30(24-31,23-20-29)21-9-6-4-2/h25-29H,3-23H2,1-2H3/t25-,26-,27?,28?,29-,30-. The minimum atomic E-state index is 0.0397. The summed E-state index contributed by atoms with van der Waals surface area (Å²) in [5, 5.41) is 9.86. The molecule has 3 aliphatic rings. The van der Waals surface area contributed by atoms with Crippen LogP contribution in [0.15, 0.2) is 0 Å². The molecule has 3 aliphatic carbocycles. The molecule has 0 radical (unpaired) electrons. The maximum atomic E-state index is 9.86. The molecule has 3 fully saturated rings. The second-order valence-corrected chi connectivity index (χ2v) is 12.0. The van der Waals surface area contributed by atoms with Crippen molar-refractivity contribution in [1.29, 1.82) is 5.26 Å². The van der Waals surface area contributed by atoms with Gasteiger partial charge in [-0.3, -0.25) is 0 Å². The van der Waals surface area contributed by atoms with Crippen molar-refractivity contribution < 1.29 is 0 Å². The van der Waals surface area contributed by atoms with Crippen LogP contribution in [0.25, 0.3) is 0 Å². The van der Waals surface area contributed by atoms with Gasteiger partial charge < -0.3 is 0 Å². The Morgan fingerprint density at radius 1 is 0.613 bits per heavy atom. The summed E-state index contributed by atoms with van der Waals surface area (Å²) < 4.78 is 0. The summed E-state index contributed by atoms with van der Waals surface area (Å²) in [6.07, 6.45) is 29.6. The van der Waals surface area contributed by atoms with Gasteiger partial charge in [0.2, 0.25) is 0 Å². The Bertz CT molecular complexity index is 507. The zero-order valence-electron chi connectivity index (χ0n) is 21.2. The highest BCUT2D eigenvalue weighted by Crippen LogP contribution is 2.49. The van der Waals surface area contributed by atoms with Gasteiger partial charge in [0, 0.05) is 0 Å². The van der Waals surface area contributed by atoms with Crippen LogP contribution in [0, 0.1) is 46.3 Å². The Morgan fingerprint density at radius 3 is 1.61 bits per heavy atom. The van der Waals surface area contributed by atoms with E-state index in [-0.39, 0.29) is 5.41 Å². The van der Waals surface area contributed by atoms with E-state index in [0.29, 0.717) is 0 Å². The van der Waals surface area contributed by atoms with E-state index in [1.54, 1.807) is 12.8 Å². The Kier molecular flexibility index (Phi) is 10.7. The lowest BCUT2D eigenvalue weighted by molar-refractivity contribution is 0.0897. The molecule has 0 aromatic heterocycles. The maximum Gasteiger partial charge on any atom is 0.0689 e. The van der Waals surface area contributed by atoms with E-state index in [4.69, 9.17) is 0 Å². The van der Waals surface area contributed by atoms with Gasteiger partial charge in [-0.15, -0.1) is 0 Å². The molecule has 0 aromatic rings. The lowest BCUT2D eigenvalue weighted by atomic mass is 9.62. The van der Waals surface area contributed by atoms with Gasteiger partial charge in [0.25, 0.3) is 0 Å². The average Bonchev–Trinajstić information content (AvgIpc) is 2.83. The quantitative estimate of drug-likeness (QED) is 0.301.